The van der Waals surface area contributed by atoms with Crippen LogP contribution in [0.25, 0.3) is 0 Å². The van der Waals surface area contributed by atoms with Gasteiger partial charge in [-0.15, -0.1) is 0 Å². The van der Waals surface area contributed by atoms with E-state index in [2.05, 4.69) is 0 Å². The van der Waals surface area contributed by atoms with Gasteiger partial charge in [0.2, 0.25) is 11.8 Å². The van der Waals surface area contributed by atoms with Crippen molar-refractivity contribution in [3.05, 3.63) is 77.9 Å². The summed E-state index contributed by atoms with van der Waals surface area (Å²) in [6.07, 6.45) is 7.90. The first-order valence-corrected chi connectivity index (χ1v) is 16.0. The van der Waals surface area contributed by atoms with Crippen LogP contribution in [0.1, 0.15) is 34.1 Å². The van der Waals surface area contributed by atoms with Gasteiger partial charge in [-0.25, -0.2) is 0 Å². The van der Waals surface area contributed by atoms with Gasteiger partial charge in [0.15, 0.2) is 0 Å². The summed E-state index contributed by atoms with van der Waals surface area (Å²) in [5, 5.41) is 11.2. The molecule has 1 spiro atoms. The lowest BCUT2D eigenvalue weighted by Crippen LogP contribution is -2.59. The van der Waals surface area contributed by atoms with Crippen molar-refractivity contribution in [1.29, 1.82) is 0 Å². The van der Waals surface area contributed by atoms with Crippen LogP contribution in [0, 0.1) is 17.8 Å². The van der Waals surface area contributed by atoms with Crippen LogP contribution in [0.15, 0.2) is 72.8 Å². The number of hydrogen-bond donors (Lipinski definition) is 1. The topological polar surface area (TPSA) is 99.6 Å². The number of nitrogens with zero attached hydrogens (tertiary/aromatic N) is 3. The molecule has 10 heteroatoms. The van der Waals surface area contributed by atoms with Crippen LogP contribution >= 0.6 is 11.6 Å². The minimum atomic E-state index is -1.43. The number of halogens is 1. The van der Waals surface area contributed by atoms with Gasteiger partial charge < -0.3 is 29.3 Å². The number of rotatable bonds is 8. The van der Waals surface area contributed by atoms with E-state index >= 15 is 0 Å². The van der Waals surface area contributed by atoms with Crippen LogP contribution in [0.4, 0.5) is 11.4 Å². The summed E-state index contributed by atoms with van der Waals surface area (Å²) in [4.78, 5) is 48.9. The van der Waals surface area contributed by atoms with E-state index in [9.17, 15) is 19.5 Å². The highest BCUT2D eigenvalue weighted by atomic mass is 35.5. The SMILES string of the molecule is CCOc1ccc(N2CC=C[C@@]3(C)O[C@]45C=CCN(c6ccc(Cl)cc6)C(=O)C4N([C@@H](CO)CC(C)C)C(=O)[C@@H]5[C@H]3C2=O)cc1. The van der Waals surface area contributed by atoms with E-state index in [0.29, 0.717) is 41.7 Å². The molecule has 4 aliphatic heterocycles. The second kappa shape index (κ2) is 11.9. The van der Waals surface area contributed by atoms with Crippen LogP contribution in [0.3, 0.4) is 0 Å². The molecule has 4 heterocycles. The van der Waals surface area contributed by atoms with E-state index in [4.69, 9.17) is 21.1 Å². The third kappa shape index (κ3) is 5.15. The van der Waals surface area contributed by atoms with Gasteiger partial charge >= 0.3 is 0 Å². The number of anilines is 2. The van der Waals surface area contributed by atoms with Crippen LogP contribution in [0.5, 0.6) is 5.75 Å². The normalized spacial score (nSPS) is 29.9. The number of ether oxygens (including phenoxy) is 2. The van der Waals surface area contributed by atoms with Gasteiger partial charge in [-0.1, -0.05) is 49.8 Å². The van der Waals surface area contributed by atoms with Crippen molar-refractivity contribution in [1.82, 2.24) is 4.90 Å². The number of likely N-dealkylation sites (tertiary alicyclic amines) is 1. The molecule has 2 aromatic carbocycles. The number of fused-ring (bicyclic) bond motifs is 2. The van der Waals surface area contributed by atoms with Crippen LogP contribution in [-0.2, 0) is 19.1 Å². The fourth-order valence-corrected chi connectivity index (χ4v) is 7.77. The average Bonchev–Trinajstić information content (AvgIpc) is 3.28. The molecule has 9 nitrogen and oxygen atoms in total. The minimum absolute atomic E-state index is 0.138. The lowest BCUT2D eigenvalue weighted by Gasteiger charge is -2.40. The van der Waals surface area contributed by atoms with Crippen molar-refractivity contribution in [3.8, 4) is 5.75 Å². The monoisotopic (exact) mass is 633 g/mol. The second-order valence-electron chi connectivity index (χ2n) is 12.8. The van der Waals surface area contributed by atoms with E-state index in [-0.39, 0.29) is 36.8 Å². The Kier molecular flexibility index (Phi) is 8.31. The molecule has 238 valence electrons. The molecule has 0 saturated carbocycles. The molecule has 2 aromatic rings. The molecule has 0 radical (unpaired) electrons. The highest BCUT2D eigenvalue weighted by Crippen LogP contribution is 2.58. The van der Waals surface area contributed by atoms with E-state index in [1.54, 1.807) is 34.1 Å². The number of benzene rings is 2. The summed E-state index contributed by atoms with van der Waals surface area (Å²) in [5.74, 6) is -2.02. The van der Waals surface area contributed by atoms with Crippen LogP contribution in [0.2, 0.25) is 5.02 Å². The van der Waals surface area contributed by atoms with Gasteiger partial charge in [0.05, 0.1) is 36.7 Å². The van der Waals surface area contributed by atoms with Gasteiger partial charge in [-0.05, 0) is 74.7 Å². The molecular formula is C35H40ClN3O6. The molecule has 0 bridgehead atoms. The van der Waals surface area contributed by atoms with E-state index in [1.165, 1.54) is 4.90 Å². The number of hydrogen-bond acceptors (Lipinski definition) is 6. The largest absolute Gasteiger partial charge is 0.494 e. The lowest BCUT2D eigenvalue weighted by molar-refractivity contribution is -0.148. The summed E-state index contributed by atoms with van der Waals surface area (Å²) in [6.45, 7) is 8.51. The molecule has 0 aromatic heterocycles. The third-order valence-electron chi connectivity index (χ3n) is 9.44. The highest BCUT2D eigenvalue weighted by molar-refractivity contribution is 6.30. The Hall–Kier alpha value is -3.66. The number of carbonyl (C=O) groups excluding carboxylic acids is 3. The summed E-state index contributed by atoms with van der Waals surface area (Å²) in [6, 6.07) is 12.5. The zero-order valence-corrected chi connectivity index (χ0v) is 26.8. The Labute approximate surface area is 269 Å². The van der Waals surface area contributed by atoms with Gasteiger partial charge in [-0.3, -0.25) is 14.4 Å². The van der Waals surface area contributed by atoms with Crippen molar-refractivity contribution < 1.29 is 29.0 Å². The van der Waals surface area contributed by atoms with Gasteiger partial charge in [0.1, 0.15) is 17.4 Å². The zero-order valence-electron chi connectivity index (χ0n) is 26.1. The molecule has 3 amide bonds. The first-order valence-electron chi connectivity index (χ1n) is 15.6. The first kappa shape index (κ1) is 31.3. The maximum atomic E-state index is 14.8. The maximum Gasteiger partial charge on any atom is 0.253 e. The van der Waals surface area contributed by atoms with Gasteiger partial charge in [0.25, 0.3) is 5.91 Å². The smallest absolute Gasteiger partial charge is 0.253 e. The van der Waals surface area contributed by atoms with Crippen LogP contribution in [-0.4, -0.2) is 77.3 Å². The third-order valence-corrected chi connectivity index (χ3v) is 9.69. The molecular weight excluding hydrogens is 594 g/mol. The fourth-order valence-electron chi connectivity index (χ4n) is 7.65. The summed E-state index contributed by atoms with van der Waals surface area (Å²) in [7, 11) is 0. The molecule has 1 N–H and O–H groups in total. The Morgan fingerprint density at radius 1 is 0.911 bits per heavy atom. The van der Waals surface area contributed by atoms with E-state index in [0.717, 1.165) is 0 Å². The standard InChI is InChI=1S/C35H40ClN3O6/c1-5-44-27-14-12-25(13-15-27)37-18-6-16-34(4)28(31(37)41)29-32(42)39(26(21-40)20-22(2)3)30-33(43)38(19-7-17-35(29,30)45-34)24-10-8-23(36)9-11-24/h6-17,22,26,28-30,40H,5,18-21H2,1-4H3/t26-,28+,29+,30?,34-,35+/m1/s1. The molecule has 2 saturated heterocycles. The van der Waals surface area contributed by atoms with Crippen LogP contribution < -0.4 is 14.5 Å². The molecule has 45 heavy (non-hydrogen) atoms. The maximum absolute atomic E-state index is 14.8. The molecule has 0 aliphatic carbocycles. The number of aliphatic hydroxyl groups excluding tert-OH is 1. The molecule has 4 aliphatic rings. The fraction of sp³-hybridized carbons (Fsp3) is 0.457. The Morgan fingerprint density at radius 2 is 1.51 bits per heavy atom. The van der Waals surface area contributed by atoms with Crippen molar-refractivity contribution in [2.24, 2.45) is 17.8 Å². The Bertz CT molecular complexity index is 1520. The predicted molar refractivity (Wildman–Crippen MR) is 172 cm³/mol. The molecule has 6 atom stereocenters. The minimum Gasteiger partial charge on any atom is -0.494 e. The number of aliphatic hydroxyl groups is 1. The van der Waals surface area contributed by atoms with Crippen molar-refractivity contribution in [2.75, 3.05) is 36.1 Å². The van der Waals surface area contributed by atoms with Crippen molar-refractivity contribution in [2.45, 2.75) is 57.4 Å². The molecule has 2 fully saturated rings. The Morgan fingerprint density at radius 3 is 2.11 bits per heavy atom. The Balaban J connectivity index is 1.46. The molecule has 1 unspecified atom stereocenters. The quantitative estimate of drug-likeness (QED) is 0.426. The van der Waals surface area contributed by atoms with Crippen molar-refractivity contribution >= 4 is 40.7 Å². The zero-order chi connectivity index (χ0) is 32.1. The predicted octanol–water partition coefficient (Wildman–Crippen LogP) is 4.62. The summed E-state index contributed by atoms with van der Waals surface area (Å²) < 4.78 is 12.6. The number of carbonyl (C=O) groups is 3. The van der Waals surface area contributed by atoms with Gasteiger partial charge in [0, 0.05) is 29.5 Å². The number of amides is 3. The average molecular weight is 634 g/mol. The molecule has 6 rings (SSSR count). The second-order valence-corrected chi connectivity index (χ2v) is 13.3. The highest BCUT2D eigenvalue weighted by Gasteiger charge is 2.75. The first-order chi connectivity index (χ1) is 21.5. The summed E-state index contributed by atoms with van der Waals surface area (Å²) >= 11 is 6.15. The van der Waals surface area contributed by atoms with Crippen molar-refractivity contribution in [3.63, 3.8) is 0 Å². The van der Waals surface area contributed by atoms with E-state index in [1.807, 2.05) is 76.3 Å². The van der Waals surface area contributed by atoms with Gasteiger partial charge in [-0.2, -0.15) is 0 Å². The lowest BCUT2D eigenvalue weighted by atomic mass is 9.74. The van der Waals surface area contributed by atoms with E-state index < -0.39 is 35.1 Å². The summed E-state index contributed by atoms with van der Waals surface area (Å²) in [5.41, 5.74) is -1.29.